The van der Waals surface area contributed by atoms with Gasteiger partial charge in [0, 0.05) is 17.8 Å². The lowest BCUT2D eigenvalue weighted by Crippen LogP contribution is -2.41. The second-order valence-corrected chi connectivity index (χ2v) is 4.30. The highest BCUT2D eigenvalue weighted by atomic mass is 35.5. The molecule has 86 valence electrons. The first-order valence-corrected chi connectivity index (χ1v) is 5.59. The van der Waals surface area contributed by atoms with Crippen LogP contribution in [0.3, 0.4) is 0 Å². The summed E-state index contributed by atoms with van der Waals surface area (Å²) >= 11 is 5.65. The summed E-state index contributed by atoms with van der Waals surface area (Å²) < 4.78 is 0. The predicted octanol–water partition coefficient (Wildman–Crippen LogP) is 2.72. The molecular weight excluding hydrogens is 228 g/mol. The molecule has 0 aromatic heterocycles. The number of amides is 2. The number of aromatic hydroxyl groups is 1. The minimum Gasteiger partial charge on any atom is -0.506 e. The van der Waals surface area contributed by atoms with E-state index in [0.29, 0.717) is 11.7 Å². The molecule has 4 nitrogen and oxygen atoms in total. The highest BCUT2D eigenvalue weighted by Crippen LogP contribution is 2.26. The van der Waals surface area contributed by atoms with E-state index in [1.807, 2.05) is 0 Å². The van der Waals surface area contributed by atoms with Crippen molar-refractivity contribution in [3.8, 4) is 5.75 Å². The first-order chi connectivity index (χ1) is 7.65. The minimum absolute atomic E-state index is 0.0388. The van der Waals surface area contributed by atoms with Crippen LogP contribution in [0.2, 0.25) is 5.02 Å². The SMILES string of the molecule is O=C(Nc1ccc(Cl)c(O)c1)NC1CCC1. The predicted molar refractivity (Wildman–Crippen MR) is 62.9 cm³/mol. The normalized spacial score (nSPS) is 15.3. The molecule has 16 heavy (non-hydrogen) atoms. The third-order valence-electron chi connectivity index (χ3n) is 2.64. The minimum atomic E-state index is -0.244. The number of phenolic OH excluding ortho intramolecular Hbond substituents is 1. The molecule has 0 saturated heterocycles. The number of anilines is 1. The van der Waals surface area contributed by atoms with Crippen molar-refractivity contribution in [2.24, 2.45) is 0 Å². The van der Waals surface area contributed by atoms with Crippen molar-refractivity contribution in [1.29, 1.82) is 0 Å². The zero-order valence-electron chi connectivity index (χ0n) is 8.66. The zero-order chi connectivity index (χ0) is 11.5. The summed E-state index contributed by atoms with van der Waals surface area (Å²) in [6.07, 6.45) is 3.26. The number of urea groups is 1. The van der Waals surface area contributed by atoms with Gasteiger partial charge in [-0.15, -0.1) is 0 Å². The third-order valence-corrected chi connectivity index (χ3v) is 2.96. The Balaban J connectivity index is 1.92. The average molecular weight is 241 g/mol. The molecule has 1 aliphatic rings. The maximum atomic E-state index is 11.5. The lowest BCUT2D eigenvalue weighted by Gasteiger charge is -2.26. The standard InChI is InChI=1S/C11H13ClN2O2/c12-9-5-4-8(6-10(9)15)14-11(16)13-7-2-1-3-7/h4-7,15H,1-3H2,(H2,13,14,16). The van der Waals surface area contributed by atoms with Crippen molar-refractivity contribution in [2.45, 2.75) is 25.3 Å². The highest BCUT2D eigenvalue weighted by molar-refractivity contribution is 6.32. The molecule has 1 saturated carbocycles. The van der Waals surface area contributed by atoms with Crippen molar-refractivity contribution in [3.63, 3.8) is 0 Å². The Morgan fingerprint density at radius 2 is 2.19 bits per heavy atom. The van der Waals surface area contributed by atoms with Crippen molar-refractivity contribution in [2.75, 3.05) is 5.32 Å². The summed E-state index contributed by atoms with van der Waals surface area (Å²) in [4.78, 5) is 11.5. The van der Waals surface area contributed by atoms with E-state index >= 15 is 0 Å². The summed E-state index contributed by atoms with van der Waals surface area (Å²) in [6, 6.07) is 4.65. The van der Waals surface area contributed by atoms with E-state index in [2.05, 4.69) is 10.6 Å². The number of rotatable bonds is 2. The Morgan fingerprint density at radius 3 is 2.75 bits per heavy atom. The Morgan fingerprint density at radius 1 is 1.44 bits per heavy atom. The number of hydrogen-bond donors (Lipinski definition) is 3. The maximum absolute atomic E-state index is 11.5. The monoisotopic (exact) mass is 240 g/mol. The van der Waals surface area contributed by atoms with Gasteiger partial charge in [0.15, 0.2) is 0 Å². The summed E-state index contributed by atoms with van der Waals surface area (Å²) in [5.74, 6) is -0.0388. The summed E-state index contributed by atoms with van der Waals surface area (Å²) in [6.45, 7) is 0. The van der Waals surface area contributed by atoms with E-state index < -0.39 is 0 Å². The quantitative estimate of drug-likeness (QED) is 0.744. The van der Waals surface area contributed by atoms with Crippen LogP contribution in [-0.4, -0.2) is 17.2 Å². The van der Waals surface area contributed by atoms with Gasteiger partial charge in [0.25, 0.3) is 0 Å². The van der Waals surface area contributed by atoms with Crippen LogP contribution in [0.15, 0.2) is 18.2 Å². The lowest BCUT2D eigenvalue weighted by atomic mass is 9.93. The molecule has 1 aliphatic carbocycles. The number of carbonyl (C=O) groups is 1. The van der Waals surface area contributed by atoms with Gasteiger partial charge in [-0.2, -0.15) is 0 Å². The van der Waals surface area contributed by atoms with Crippen LogP contribution >= 0.6 is 11.6 Å². The van der Waals surface area contributed by atoms with E-state index in [9.17, 15) is 9.90 Å². The first-order valence-electron chi connectivity index (χ1n) is 5.21. The smallest absolute Gasteiger partial charge is 0.319 e. The van der Waals surface area contributed by atoms with Gasteiger partial charge in [0.05, 0.1) is 5.02 Å². The van der Waals surface area contributed by atoms with Gasteiger partial charge in [-0.1, -0.05) is 11.6 Å². The van der Waals surface area contributed by atoms with Crippen LogP contribution in [0.5, 0.6) is 5.75 Å². The maximum Gasteiger partial charge on any atom is 0.319 e. The Hall–Kier alpha value is -1.42. The Kier molecular flexibility index (Phi) is 3.19. The fourth-order valence-electron chi connectivity index (χ4n) is 1.50. The van der Waals surface area contributed by atoms with Crippen LogP contribution in [0.25, 0.3) is 0 Å². The van der Waals surface area contributed by atoms with Crippen LogP contribution in [0, 0.1) is 0 Å². The van der Waals surface area contributed by atoms with Gasteiger partial charge in [-0.05, 0) is 31.4 Å². The zero-order valence-corrected chi connectivity index (χ0v) is 9.42. The van der Waals surface area contributed by atoms with Gasteiger partial charge in [0.2, 0.25) is 0 Å². The molecule has 3 N–H and O–H groups in total. The second-order valence-electron chi connectivity index (χ2n) is 3.89. The number of benzene rings is 1. The summed E-state index contributed by atoms with van der Waals surface area (Å²) in [5, 5.41) is 15.1. The molecule has 0 unspecified atom stereocenters. The topological polar surface area (TPSA) is 61.4 Å². The van der Waals surface area contributed by atoms with Crippen LogP contribution < -0.4 is 10.6 Å². The van der Waals surface area contributed by atoms with Crippen LogP contribution in [0.1, 0.15) is 19.3 Å². The molecule has 0 spiro atoms. The van der Waals surface area contributed by atoms with Gasteiger partial charge in [-0.3, -0.25) is 0 Å². The van der Waals surface area contributed by atoms with E-state index in [0.717, 1.165) is 12.8 Å². The Bertz CT molecular complexity index is 405. The molecule has 0 radical (unpaired) electrons. The molecule has 2 amide bonds. The van der Waals surface area contributed by atoms with Gasteiger partial charge >= 0.3 is 6.03 Å². The number of halogens is 1. The lowest BCUT2D eigenvalue weighted by molar-refractivity contribution is 0.240. The largest absolute Gasteiger partial charge is 0.506 e. The molecule has 2 rings (SSSR count). The molecule has 1 aromatic rings. The number of nitrogens with one attached hydrogen (secondary N) is 2. The molecule has 0 heterocycles. The van der Waals surface area contributed by atoms with Crippen LogP contribution in [-0.2, 0) is 0 Å². The highest BCUT2D eigenvalue weighted by Gasteiger charge is 2.19. The fourth-order valence-corrected chi connectivity index (χ4v) is 1.61. The number of hydrogen-bond acceptors (Lipinski definition) is 2. The third kappa shape index (κ3) is 2.58. The van der Waals surface area contributed by atoms with E-state index in [1.165, 1.54) is 18.6 Å². The van der Waals surface area contributed by atoms with Gasteiger partial charge in [0.1, 0.15) is 5.75 Å². The molecule has 0 aliphatic heterocycles. The summed E-state index contributed by atoms with van der Waals surface area (Å²) in [5.41, 5.74) is 0.527. The second kappa shape index (κ2) is 4.61. The van der Waals surface area contributed by atoms with Crippen molar-refractivity contribution >= 4 is 23.3 Å². The van der Waals surface area contributed by atoms with Crippen molar-refractivity contribution < 1.29 is 9.90 Å². The molecular formula is C11H13ClN2O2. The van der Waals surface area contributed by atoms with Crippen LogP contribution in [0.4, 0.5) is 10.5 Å². The van der Waals surface area contributed by atoms with Gasteiger partial charge in [-0.25, -0.2) is 4.79 Å². The number of carbonyl (C=O) groups excluding carboxylic acids is 1. The first kappa shape index (κ1) is 11.1. The molecule has 5 heteroatoms. The van der Waals surface area contributed by atoms with Gasteiger partial charge < -0.3 is 15.7 Å². The Labute approximate surface area is 98.6 Å². The molecule has 0 atom stereocenters. The fraction of sp³-hybridized carbons (Fsp3) is 0.364. The molecule has 0 bridgehead atoms. The van der Waals surface area contributed by atoms with E-state index in [1.54, 1.807) is 6.07 Å². The van der Waals surface area contributed by atoms with Crippen molar-refractivity contribution in [1.82, 2.24) is 5.32 Å². The van der Waals surface area contributed by atoms with Crippen molar-refractivity contribution in [3.05, 3.63) is 23.2 Å². The van der Waals surface area contributed by atoms with E-state index in [-0.39, 0.29) is 16.8 Å². The average Bonchev–Trinajstić information content (AvgIpc) is 2.18. The summed E-state index contributed by atoms with van der Waals surface area (Å²) in [7, 11) is 0. The van der Waals surface area contributed by atoms with E-state index in [4.69, 9.17) is 11.6 Å². The number of phenols is 1. The molecule has 1 fully saturated rings. The molecule has 1 aromatic carbocycles.